The first-order chi connectivity index (χ1) is 8.19. The molecule has 94 valence electrons. The molecule has 4 N–H and O–H groups in total. The van der Waals surface area contributed by atoms with Gasteiger partial charge in [0.15, 0.2) is 0 Å². The van der Waals surface area contributed by atoms with Crippen molar-refractivity contribution in [2.45, 2.75) is 19.4 Å². The first-order valence-electron chi connectivity index (χ1n) is 5.39. The Bertz CT molecular complexity index is 370. The summed E-state index contributed by atoms with van der Waals surface area (Å²) in [6.07, 6.45) is 3.81. The zero-order valence-corrected chi connectivity index (χ0v) is 10.1. The fourth-order valence-electron chi connectivity index (χ4n) is 1.37. The second-order valence-corrected chi connectivity index (χ2v) is 3.72. The summed E-state index contributed by atoms with van der Waals surface area (Å²) in [6.45, 7) is 2.53. The minimum atomic E-state index is -0.199. The average Bonchev–Trinajstić information content (AvgIpc) is 2.36. The van der Waals surface area contributed by atoms with E-state index in [1.54, 1.807) is 19.4 Å². The summed E-state index contributed by atoms with van der Waals surface area (Å²) in [6, 6.07) is 1.68. The first-order valence-corrected chi connectivity index (χ1v) is 5.39. The maximum Gasteiger partial charge on any atom is 0.255 e. The van der Waals surface area contributed by atoms with Crippen LogP contribution in [0.25, 0.3) is 0 Å². The predicted octanol–water partition coefficient (Wildman–Crippen LogP) is 0.522. The van der Waals surface area contributed by atoms with Crippen molar-refractivity contribution < 1.29 is 9.53 Å². The Hall–Kier alpha value is -1.66. The van der Waals surface area contributed by atoms with E-state index in [2.05, 4.69) is 15.7 Å². The number of nitrogens with two attached hydrogens (primary N) is 1. The Morgan fingerprint density at radius 2 is 2.41 bits per heavy atom. The molecule has 0 aromatic carbocycles. The van der Waals surface area contributed by atoms with Crippen molar-refractivity contribution in [1.29, 1.82) is 0 Å². The van der Waals surface area contributed by atoms with Gasteiger partial charge in [0.2, 0.25) is 0 Å². The van der Waals surface area contributed by atoms with Gasteiger partial charge in [0.05, 0.1) is 11.3 Å². The van der Waals surface area contributed by atoms with E-state index >= 15 is 0 Å². The van der Waals surface area contributed by atoms with Gasteiger partial charge in [0, 0.05) is 32.2 Å². The minimum Gasteiger partial charge on any atom is -0.385 e. The fraction of sp³-hybridized carbons (Fsp3) is 0.455. The molecule has 1 unspecified atom stereocenters. The van der Waals surface area contributed by atoms with Crippen molar-refractivity contribution in [2.24, 2.45) is 5.84 Å². The summed E-state index contributed by atoms with van der Waals surface area (Å²) >= 11 is 0. The van der Waals surface area contributed by atoms with Gasteiger partial charge in [0.25, 0.3) is 5.91 Å². The van der Waals surface area contributed by atoms with Crippen LogP contribution in [0.5, 0.6) is 0 Å². The number of carbonyl (C=O) groups excluding carboxylic acids is 1. The van der Waals surface area contributed by atoms with Gasteiger partial charge in [-0.2, -0.15) is 0 Å². The molecule has 0 saturated heterocycles. The molecule has 1 atom stereocenters. The van der Waals surface area contributed by atoms with Crippen LogP contribution in [0.4, 0.5) is 5.69 Å². The van der Waals surface area contributed by atoms with E-state index in [1.165, 1.54) is 6.20 Å². The normalized spacial score (nSPS) is 11.9. The third kappa shape index (κ3) is 4.01. The number of pyridine rings is 1. The molecule has 1 rings (SSSR count). The Labute approximate surface area is 101 Å². The summed E-state index contributed by atoms with van der Waals surface area (Å²) in [7, 11) is 1.63. The lowest BCUT2D eigenvalue weighted by atomic mass is 10.2. The maximum atomic E-state index is 11.9. The second kappa shape index (κ2) is 6.82. The van der Waals surface area contributed by atoms with Crippen LogP contribution >= 0.6 is 0 Å². The predicted molar refractivity (Wildman–Crippen MR) is 65.5 cm³/mol. The zero-order valence-electron chi connectivity index (χ0n) is 10.1. The van der Waals surface area contributed by atoms with Crippen LogP contribution in [0, 0.1) is 0 Å². The highest BCUT2D eigenvalue weighted by atomic mass is 16.5. The molecule has 0 fully saturated rings. The summed E-state index contributed by atoms with van der Waals surface area (Å²) in [5.74, 6) is 5.12. The van der Waals surface area contributed by atoms with Crippen LogP contribution in [0.3, 0.4) is 0 Å². The molecule has 0 saturated carbocycles. The standard InChI is InChI=1S/C11H18N4O2/c1-8(4-6-17-2)14-11(16)9-7-13-5-3-10(9)15-12/h3,5,7-8H,4,6,12H2,1-2H3,(H,13,15)(H,14,16). The van der Waals surface area contributed by atoms with E-state index in [4.69, 9.17) is 10.6 Å². The van der Waals surface area contributed by atoms with Crippen molar-refractivity contribution in [3.8, 4) is 0 Å². The number of nitrogens with one attached hydrogen (secondary N) is 2. The second-order valence-electron chi connectivity index (χ2n) is 3.72. The molecule has 0 aliphatic carbocycles. The number of rotatable bonds is 6. The smallest absolute Gasteiger partial charge is 0.255 e. The number of aromatic nitrogens is 1. The molecule has 0 radical (unpaired) electrons. The molecule has 6 heteroatoms. The lowest BCUT2D eigenvalue weighted by Gasteiger charge is -2.14. The molecule has 1 aromatic heterocycles. The summed E-state index contributed by atoms with van der Waals surface area (Å²) < 4.78 is 4.95. The Morgan fingerprint density at radius 3 is 3.06 bits per heavy atom. The van der Waals surface area contributed by atoms with Crippen LogP contribution in [0.1, 0.15) is 23.7 Å². The molecule has 17 heavy (non-hydrogen) atoms. The van der Waals surface area contributed by atoms with Gasteiger partial charge in [-0.25, -0.2) is 0 Å². The zero-order chi connectivity index (χ0) is 12.7. The van der Waals surface area contributed by atoms with E-state index in [9.17, 15) is 4.79 Å². The highest BCUT2D eigenvalue weighted by Crippen LogP contribution is 2.11. The third-order valence-corrected chi connectivity index (χ3v) is 2.35. The lowest BCUT2D eigenvalue weighted by Crippen LogP contribution is -2.34. The monoisotopic (exact) mass is 238 g/mol. The highest BCUT2D eigenvalue weighted by molar-refractivity contribution is 5.99. The third-order valence-electron chi connectivity index (χ3n) is 2.35. The van der Waals surface area contributed by atoms with Gasteiger partial charge in [-0.1, -0.05) is 0 Å². The van der Waals surface area contributed by atoms with Crippen LogP contribution in [0.2, 0.25) is 0 Å². The van der Waals surface area contributed by atoms with Gasteiger partial charge in [-0.05, 0) is 19.4 Å². The lowest BCUT2D eigenvalue weighted by molar-refractivity contribution is 0.0930. The van der Waals surface area contributed by atoms with E-state index in [1.807, 2.05) is 6.92 Å². The summed E-state index contributed by atoms with van der Waals surface area (Å²) in [4.78, 5) is 15.8. The average molecular weight is 238 g/mol. The largest absolute Gasteiger partial charge is 0.385 e. The molecule has 6 nitrogen and oxygen atoms in total. The number of ether oxygens (including phenoxy) is 1. The highest BCUT2D eigenvalue weighted by Gasteiger charge is 2.13. The van der Waals surface area contributed by atoms with Crippen LogP contribution in [-0.4, -0.2) is 30.6 Å². The molecular formula is C11H18N4O2. The Kier molecular flexibility index (Phi) is 5.38. The molecule has 1 aromatic rings. The number of nitrogens with zero attached hydrogens (tertiary/aromatic N) is 1. The van der Waals surface area contributed by atoms with Crippen molar-refractivity contribution in [1.82, 2.24) is 10.3 Å². The summed E-state index contributed by atoms with van der Waals surface area (Å²) in [5, 5.41) is 2.85. The number of hydrazine groups is 1. The molecule has 0 aliphatic rings. The van der Waals surface area contributed by atoms with E-state index in [0.29, 0.717) is 17.9 Å². The molecule has 0 aliphatic heterocycles. The van der Waals surface area contributed by atoms with E-state index < -0.39 is 0 Å². The molecule has 0 bridgehead atoms. The minimum absolute atomic E-state index is 0.0354. The van der Waals surface area contributed by atoms with Crippen LogP contribution in [-0.2, 0) is 4.74 Å². The van der Waals surface area contributed by atoms with Crippen molar-refractivity contribution in [3.05, 3.63) is 24.0 Å². The number of anilines is 1. The van der Waals surface area contributed by atoms with Gasteiger partial charge in [-0.15, -0.1) is 0 Å². The van der Waals surface area contributed by atoms with Gasteiger partial charge >= 0.3 is 0 Å². The number of nitrogen functional groups attached to an aromatic ring is 1. The van der Waals surface area contributed by atoms with Crippen molar-refractivity contribution in [3.63, 3.8) is 0 Å². The van der Waals surface area contributed by atoms with Crippen molar-refractivity contribution >= 4 is 11.6 Å². The van der Waals surface area contributed by atoms with E-state index in [0.717, 1.165) is 6.42 Å². The number of methoxy groups -OCH3 is 1. The quantitative estimate of drug-likeness (QED) is 0.496. The molecule has 1 amide bonds. The number of hydrogen-bond acceptors (Lipinski definition) is 5. The Balaban J connectivity index is 2.63. The Morgan fingerprint density at radius 1 is 1.65 bits per heavy atom. The topological polar surface area (TPSA) is 89.3 Å². The molecule has 1 heterocycles. The SMILES string of the molecule is COCCC(C)NC(=O)c1cnccc1NN. The van der Waals surface area contributed by atoms with Gasteiger partial charge in [-0.3, -0.25) is 15.6 Å². The fourth-order valence-corrected chi connectivity index (χ4v) is 1.37. The van der Waals surface area contributed by atoms with E-state index in [-0.39, 0.29) is 11.9 Å². The van der Waals surface area contributed by atoms with Crippen LogP contribution in [0.15, 0.2) is 18.5 Å². The number of hydrogen-bond donors (Lipinski definition) is 3. The maximum absolute atomic E-state index is 11.9. The van der Waals surface area contributed by atoms with Crippen molar-refractivity contribution in [2.75, 3.05) is 19.1 Å². The van der Waals surface area contributed by atoms with Gasteiger partial charge < -0.3 is 15.5 Å². The summed E-state index contributed by atoms with van der Waals surface area (Å²) in [5.41, 5.74) is 3.45. The van der Waals surface area contributed by atoms with Crippen LogP contribution < -0.4 is 16.6 Å². The first kappa shape index (κ1) is 13.4. The molecular weight excluding hydrogens is 220 g/mol. The molecule has 0 spiro atoms. The number of carbonyl (C=O) groups is 1. The number of amides is 1. The van der Waals surface area contributed by atoms with Gasteiger partial charge in [0.1, 0.15) is 0 Å².